The molecule has 2 aromatic carbocycles. The van der Waals surface area contributed by atoms with Crippen LogP contribution < -0.4 is 0 Å². The molecule has 2 rings (SSSR count). The summed E-state index contributed by atoms with van der Waals surface area (Å²) in [5.41, 5.74) is 2.62. The molecule has 0 spiro atoms. The molecule has 0 aliphatic heterocycles. The Kier molecular flexibility index (Phi) is 5.30. The van der Waals surface area contributed by atoms with Crippen LogP contribution >= 0.6 is 35.4 Å². The maximum Gasteiger partial charge on any atom is 0.164 e. The van der Waals surface area contributed by atoms with Crippen molar-refractivity contribution in [2.75, 3.05) is 0 Å². The van der Waals surface area contributed by atoms with Gasteiger partial charge in [-0.3, -0.25) is 4.79 Å². The standard InChI is InChI=1S/C16H12Cl2OS/c17-13-6-7-14(15(18)9-13)16(19)8-5-11-1-3-12(10-20)4-2-11/h1-4,6-7,9-10H,5,8H2. The molecule has 0 fully saturated rings. The van der Waals surface area contributed by atoms with Crippen molar-refractivity contribution in [1.82, 2.24) is 0 Å². The first-order valence-corrected chi connectivity index (χ1v) is 7.35. The van der Waals surface area contributed by atoms with Crippen molar-refractivity contribution < 1.29 is 4.79 Å². The summed E-state index contributed by atoms with van der Waals surface area (Å²) < 4.78 is 0. The smallest absolute Gasteiger partial charge is 0.164 e. The van der Waals surface area contributed by atoms with Gasteiger partial charge in [0.25, 0.3) is 0 Å². The number of rotatable bonds is 5. The number of hydrogen-bond donors (Lipinski definition) is 0. The molecule has 1 nitrogen and oxygen atoms in total. The fourth-order valence-electron chi connectivity index (χ4n) is 1.87. The largest absolute Gasteiger partial charge is 0.294 e. The van der Waals surface area contributed by atoms with Gasteiger partial charge in [0.2, 0.25) is 0 Å². The van der Waals surface area contributed by atoms with Crippen molar-refractivity contribution in [2.24, 2.45) is 0 Å². The van der Waals surface area contributed by atoms with Gasteiger partial charge in [-0.15, -0.1) is 0 Å². The highest BCUT2D eigenvalue weighted by atomic mass is 35.5. The van der Waals surface area contributed by atoms with E-state index in [4.69, 9.17) is 35.4 Å². The number of carbonyl (C=O) groups excluding carboxylic acids is 1. The van der Waals surface area contributed by atoms with E-state index in [1.165, 1.54) is 0 Å². The molecule has 0 N–H and O–H groups in total. The maximum absolute atomic E-state index is 12.1. The Morgan fingerprint density at radius 1 is 1.10 bits per heavy atom. The van der Waals surface area contributed by atoms with Crippen LogP contribution in [0.25, 0.3) is 0 Å². The zero-order valence-electron chi connectivity index (χ0n) is 10.6. The number of carbonyl (C=O) groups is 1. The molecule has 0 aliphatic rings. The zero-order valence-corrected chi connectivity index (χ0v) is 12.9. The molecule has 20 heavy (non-hydrogen) atoms. The monoisotopic (exact) mass is 322 g/mol. The Morgan fingerprint density at radius 3 is 2.40 bits per heavy atom. The number of aryl methyl sites for hydroxylation is 1. The van der Waals surface area contributed by atoms with Gasteiger partial charge in [0.05, 0.1) is 5.02 Å². The van der Waals surface area contributed by atoms with Crippen LogP contribution in [0, 0.1) is 0 Å². The number of halogens is 2. The second-order valence-electron chi connectivity index (χ2n) is 4.41. The maximum atomic E-state index is 12.1. The molecule has 0 bridgehead atoms. The normalized spacial score (nSPS) is 10.3. The van der Waals surface area contributed by atoms with Crippen LogP contribution in [-0.2, 0) is 6.42 Å². The van der Waals surface area contributed by atoms with Crippen molar-refractivity contribution in [2.45, 2.75) is 12.8 Å². The lowest BCUT2D eigenvalue weighted by molar-refractivity contribution is 0.0983. The highest BCUT2D eigenvalue weighted by Crippen LogP contribution is 2.22. The Bertz CT molecular complexity index is 635. The summed E-state index contributed by atoms with van der Waals surface area (Å²) in [7, 11) is 0. The van der Waals surface area contributed by atoms with Crippen molar-refractivity contribution >= 4 is 46.6 Å². The van der Waals surface area contributed by atoms with E-state index in [1.54, 1.807) is 23.6 Å². The van der Waals surface area contributed by atoms with E-state index in [0.29, 0.717) is 28.5 Å². The number of hydrogen-bond acceptors (Lipinski definition) is 2. The van der Waals surface area contributed by atoms with Gasteiger partial charge in [-0.1, -0.05) is 59.7 Å². The molecule has 0 radical (unpaired) electrons. The molecular formula is C16H12Cl2OS. The Morgan fingerprint density at radius 2 is 1.80 bits per heavy atom. The quantitative estimate of drug-likeness (QED) is 0.559. The summed E-state index contributed by atoms with van der Waals surface area (Å²) in [4.78, 5) is 12.1. The highest BCUT2D eigenvalue weighted by Gasteiger charge is 2.10. The van der Waals surface area contributed by atoms with Crippen LogP contribution in [0.1, 0.15) is 27.9 Å². The molecule has 0 heterocycles. The molecule has 4 heteroatoms. The van der Waals surface area contributed by atoms with E-state index in [0.717, 1.165) is 11.1 Å². The van der Waals surface area contributed by atoms with Crippen LogP contribution in [0.2, 0.25) is 10.0 Å². The van der Waals surface area contributed by atoms with Gasteiger partial charge in [0, 0.05) is 22.4 Å². The molecule has 0 saturated carbocycles. The van der Waals surface area contributed by atoms with Gasteiger partial charge < -0.3 is 0 Å². The van der Waals surface area contributed by atoms with Crippen molar-refractivity contribution in [3.05, 3.63) is 69.2 Å². The molecular weight excluding hydrogens is 311 g/mol. The van der Waals surface area contributed by atoms with Crippen LogP contribution in [0.15, 0.2) is 42.5 Å². The lowest BCUT2D eigenvalue weighted by atomic mass is 10.0. The third-order valence-corrected chi connectivity index (χ3v) is 3.81. The molecule has 0 aromatic heterocycles. The van der Waals surface area contributed by atoms with Gasteiger partial charge in [-0.25, -0.2) is 0 Å². The second kappa shape index (κ2) is 6.98. The first-order valence-electron chi connectivity index (χ1n) is 6.12. The molecule has 0 saturated heterocycles. The van der Waals surface area contributed by atoms with Crippen LogP contribution in [0.3, 0.4) is 0 Å². The van der Waals surface area contributed by atoms with E-state index in [2.05, 4.69) is 0 Å². The van der Waals surface area contributed by atoms with Crippen molar-refractivity contribution in [1.29, 1.82) is 0 Å². The Labute approximate surface area is 133 Å². The van der Waals surface area contributed by atoms with Crippen LogP contribution in [-0.4, -0.2) is 11.2 Å². The summed E-state index contributed by atoms with van der Waals surface area (Å²) >= 11 is 16.7. The fourth-order valence-corrected chi connectivity index (χ4v) is 2.54. The van der Waals surface area contributed by atoms with Gasteiger partial charge in [-0.2, -0.15) is 0 Å². The number of Topliss-reactive ketones (excluding diaryl/α,β-unsaturated/α-hetero) is 1. The van der Waals surface area contributed by atoms with Crippen LogP contribution in [0.4, 0.5) is 0 Å². The van der Waals surface area contributed by atoms with E-state index >= 15 is 0 Å². The van der Waals surface area contributed by atoms with E-state index < -0.39 is 0 Å². The minimum atomic E-state index is 0.0191. The number of ketones is 1. The first-order chi connectivity index (χ1) is 9.60. The predicted molar refractivity (Wildman–Crippen MR) is 88.3 cm³/mol. The Balaban J connectivity index is 2.02. The highest BCUT2D eigenvalue weighted by molar-refractivity contribution is 7.79. The second-order valence-corrected chi connectivity index (χ2v) is 5.49. The van der Waals surface area contributed by atoms with Crippen molar-refractivity contribution in [3.8, 4) is 0 Å². The minimum Gasteiger partial charge on any atom is -0.294 e. The summed E-state index contributed by atoms with van der Waals surface area (Å²) in [5, 5.41) is 2.56. The number of thiocarbonyl (C=S) groups is 1. The summed E-state index contributed by atoms with van der Waals surface area (Å²) in [6.07, 6.45) is 1.09. The topological polar surface area (TPSA) is 17.1 Å². The fraction of sp³-hybridized carbons (Fsp3) is 0.125. The van der Waals surface area contributed by atoms with E-state index in [-0.39, 0.29) is 5.78 Å². The third-order valence-electron chi connectivity index (χ3n) is 2.99. The van der Waals surface area contributed by atoms with Crippen molar-refractivity contribution in [3.63, 3.8) is 0 Å². The molecule has 102 valence electrons. The van der Waals surface area contributed by atoms with Gasteiger partial charge in [-0.05, 0) is 35.7 Å². The lowest BCUT2D eigenvalue weighted by Crippen LogP contribution is -2.02. The average molecular weight is 323 g/mol. The molecule has 0 amide bonds. The first kappa shape index (κ1) is 15.2. The van der Waals surface area contributed by atoms with E-state index in [1.807, 2.05) is 24.3 Å². The van der Waals surface area contributed by atoms with Gasteiger partial charge in [0.1, 0.15) is 0 Å². The Hall–Kier alpha value is -1.22. The summed E-state index contributed by atoms with van der Waals surface area (Å²) in [6.45, 7) is 0. The van der Waals surface area contributed by atoms with Crippen LogP contribution in [0.5, 0.6) is 0 Å². The summed E-state index contributed by atoms with van der Waals surface area (Å²) in [6, 6.07) is 12.8. The lowest BCUT2D eigenvalue weighted by Gasteiger charge is -2.05. The van der Waals surface area contributed by atoms with Gasteiger partial charge in [0.15, 0.2) is 5.78 Å². The zero-order chi connectivity index (χ0) is 14.5. The SMILES string of the molecule is O=C(CCc1ccc(C=S)cc1)c1ccc(Cl)cc1Cl. The van der Waals surface area contributed by atoms with Gasteiger partial charge >= 0.3 is 0 Å². The predicted octanol–water partition coefficient (Wildman–Crippen LogP) is 5.16. The molecule has 0 atom stereocenters. The molecule has 0 aliphatic carbocycles. The molecule has 0 unspecified atom stereocenters. The average Bonchev–Trinajstić information content (AvgIpc) is 2.45. The number of benzene rings is 2. The summed E-state index contributed by atoms with van der Waals surface area (Å²) in [5.74, 6) is 0.0191. The third kappa shape index (κ3) is 3.89. The molecule has 2 aromatic rings. The minimum absolute atomic E-state index is 0.0191. The van der Waals surface area contributed by atoms with E-state index in [9.17, 15) is 4.79 Å².